The van der Waals surface area contributed by atoms with Crippen LogP contribution in [-0.2, 0) is 4.79 Å². The zero-order chi connectivity index (χ0) is 14.0. The zero-order valence-electron chi connectivity index (χ0n) is 11.4. The second-order valence-electron chi connectivity index (χ2n) is 4.44. The van der Waals surface area contributed by atoms with Crippen molar-refractivity contribution < 1.29 is 4.79 Å². The van der Waals surface area contributed by atoms with Crippen molar-refractivity contribution in [2.24, 2.45) is 0 Å². The molecule has 100 valence electrons. The third-order valence-electron chi connectivity index (χ3n) is 2.72. The van der Waals surface area contributed by atoms with Gasteiger partial charge in [0.25, 0.3) is 0 Å². The van der Waals surface area contributed by atoms with E-state index in [0.717, 1.165) is 16.4 Å². The monoisotopic (exact) mass is 276 g/mol. The lowest BCUT2D eigenvalue weighted by Gasteiger charge is -2.07. The summed E-state index contributed by atoms with van der Waals surface area (Å²) in [4.78, 5) is 11.2. The summed E-state index contributed by atoms with van der Waals surface area (Å²) in [5.74, 6) is 0.819. The van der Waals surface area contributed by atoms with Crippen molar-refractivity contribution in [2.75, 3.05) is 0 Å². The van der Waals surface area contributed by atoms with Crippen LogP contribution in [0.25, 0.3) is 5.82 Å². The van der Waals surface area contributed by atoms with Gasteiger partial charge in [0.15, 0.2) is 5.82 Å². The molecule has 0 aromatic carbocycles. The van der Waals surface area contributed by atoms with Crippen LogP contribution in [0.3, 0.4) is 0 Å². The number of aryl methyl sites for hydroxylation is 2. The van der Waals surface area contributed by atoms with E-state index in [1.165, 1.54) is 11.8 Å². The molecule has 0 aliphatic rings. The number of carbonyl (C=O) groups is 1. The summed E-state index contributed by atoms with van der Waals surface area (Å²) >= 11 is 1.41. The number of carbonyl (C=O) groups excluding carboxylic acids is 1. The molecule has 0 spiro atoms. The number of ketones is 1. The van der Waals surface area contributed by atoms with Gasteiger partial charge in [0.2, 0.25) is 0 Å². The molecule has 19 heavy (non-hydrogen) atoms. The molecular formula is C13H16N4OS. The number of aromatic nitrogens is 4. The molecule has 0 saturated carbocycles. The molecule has 0 unspecified atom stereocenters. The first kappa shape index (κ1) is 13.7. The van der Waals surface area contributed by atoms with Crippen LogP contribution in [-0.4, -0.2) is 31.0 Å². The predicted octanol–water partition coefficient (Wildman–Crippen LogP) is 2.35. The summed E-state index contributed by atoms with van der Waals surface area (Å²) in [5, 5.41) is 13.3. The van der Waals surface area contributed by atoms with E-state index in [9.17, 15) is 4.79 Å². The van der Waals surface area contributed by atoms with Gasteiger partial charge in [0.05, 0.1) is 10.9 Å². The van der Waals surface area contributed by atoms with E-state index in [1.807, 2.05) is 39.0 Å². The average molecular weight is 276 g/mol. The average Bonchev–Trinajstić information content (AvgIpc) is 2.69. The lowest BCUT2D eigenvalue weighted by Crippen LogP contribution is -2.09. The van der Waals surface area contributed by atoms with Gasteiger partial charge in [-0.1, -0.05) is 11.8 Å². The number of hydrogen-bond acceptors (Lipinski definition) is 5. The molecular weight excluding hydrogens is 260 g/mol. The van der Waals surface area contributed by atoms with Crippen LogP contribution in [0.4, 0.5) is 0 Å². The van der Waals surface area contributed by atoms with Crippen LogP contribution in [0.15, 0.2) is 23.2 Å². The molecule has 2 heterocycles. The fraction of sp³-hybridized carbons (Fsp3) is 0.385. The molecule has 2 rings (SSSR count). The summed E-state index contributed by atoms with van der Waals surface area (Å²) < 4.78 is 1.76. The maximum Gasteiger partial charge on any atom is 0.175 e. The van der Waals surface area contributed by atoms with Gasteiger partial charge in [-0.05, 0) is 45.9 Å². The first-order valence-corrected chi connectivity index (χ1v) is 6.90. The Bertz CT molecular complexity index is 591. The van der Waals surface area contributed by atoms with Crippen LogP contribution in [0.1, 0.15) is 25.2 Å². The van der Waals surface area contributed by atoms with Gasteiger partial charge >= 0.3 is 0 Å². The van der Waals surface area contributed by atoms with Crippen LogP contribution in [0.2, 0.25) is 0 Å². The van der Waals surface area contributed by atoms with E-state index in [-0.39, 0.29) is 11.0 Å². The SMILES string of the molecule is CC(=O)[C@H](C)Sc1ccc(-n2nc(C)cc2C)nn1. The molecule has 6 heteroatoms. The Morgan fingerprint density at radius 3 is 2.53 bits per heavy atom. The zero-order valence-corrected chi connectivity index (χ0v) is 12.2. The maximum absolute atomic E-state index is 11.2. The highest BCUT2D eigenvalue weighted by atomic mass is 32.2. The maximum atomic E-state index is 11.2. The Hall–Kier alpha value is -1.69. The fourth-order valence-electron chi connectivity index (χ4n) is 1.61. The molecule has 0 aliphatic heterocycles. The normalized spacial score (nSPS) is 12.4. The molecule has 0 amide bonds. The van der Waals surface area contributed by atoms with Crippen molar-refractivity contribution in [3.05, 3.63) is 29.6 Å². The number of thioether (sulfide) groups is 1. The van der Waals surface area contributed by atoms with Crippen molar-refractivity contribution in [2.45, 2.75) is 38.0 Å². The van der Waals surface area contributed by atoms with Crippen molar-refractivity contribution in [3.8, 4) is 5.82 Å². The topological polar surface area (TPSA) is 60.7 Å². The number of nitrogens with zero attached hydrogens (tertiary/aromatic N) is 4. The third-order valence-corrected chi connectivity index (χ3v) is 3.87. The van der Waals surface area contributed by atoms with Crippen molar-refractivity contribution >= 4 is 17.5 Å². The van der Waals surface area contributed by atoms with E-state index in [2.05, 4.69) is 15.3 Å². The van der Waals surface area contributed by atoms with Gasteiger partial charge in [-0.15, -0.1) is 10.2 Å². The summed E-state index contributed by atoms with van der Waals surface area (Å²) in [5.41, 5.74) is 1.97. The van der Waals surface area contributed by atoms with Gasteiger partial charge < -0.3 is 0 Å². The Labute approximate surface area is 116 Å². The number of Topliss-reactive ketones (excluding diaryl/α,β-unsaturated/α-hetero) is 1. The van der Waals surface area contributed by atoms with Crippen molar-refractivity contribution in [1.29, 1.82) is 0 Å². The highest BCUT2D eigenvalue weighted by molar-refractivity contribution is 8.00. The van der Waals surface area contributed by atoms with E-state index >= 15 is 0 Å². The summed E-state index contributed by atoms with van der Waals surface area (Å²) in [6.45, 7) is 7.36. The van der Waals surface area contributed by atoms with Crippen LogP contribution in [0.5, 0.6) is 0 Å². The van der Waals surface area contributed by atoms with E-state index in [4.69, 9.17) is 0 Å². The quantitative estimate of drug-likeness (QED) is 0.802. The highest BCUT2D eigenvalue weighted by Gasteiger charge is 2.11. The predicted molar refractivity (Wildman–Crippen MR) is 74.6 cm³/mol. The standard InChI is InChI=1S/C13H16N4OS/c1-8-7-9(2)17(16-8)12-5-6-13(15-14-12)19-11(4)10(3)18/h5-7,11H,1-4H3/t11-/m0/s1. The second-order valence-corrected chi connectivity index (χ2v) is 5.80. The molecule has 0 radical (unpaired) electrons. The van der Waals surface area contributed by atoms with E-state index in [0.29, 0.717) is 5.82 Å². The van der Waals surface area contributed by atoms with Gasteiger partial charge in [0.1, 0.15) is 10.8 Å². The molecule has 0 aliphatic carbocycles. The number of hydrogen-bond donors (Lipinski definition) is 0. The molecule has 5 nitrogen and oxygen atoms in total. The Kier molecular flexibility index (Phi) is 3.99. The molecule has 0 N–H and O–H groups in total. The summed E-state index contributed by atoms with van der Waals surface area (Å²) in [6.07, 6.45) is 0. The van der Waals surface area contributed by atoms with Gasteiger partial charge in [-0.3, -0.25) is 4.79 Å². The molecule has 1 atom stereocenters. The molecule has 0 fully saturated rings. The summed E-state index contributed by atoms with van der Waals surface area (Å²) in [6, 6.07) is 5.71. The fourth-order valence-corrected chi connectivity index (χ4v) is 2.38. The lowest BCUT2D eigenvalue weighted by molar-refractivity contribution is -0.116. The van der Waals surface area contributed by atoms with E-state index < -0.39 is 0 Å². The minimum atomic E-state index is -0.103. The molecule has 2 aromatic rings. The largest absolute Gasteiger partial charge is 0.299 e. The Morgan fingerprint density at radius 1 is 1.32 bits per heavy atom. The first-order chi connectivity index (χ1) is 8.97. The minimum absolute atomic E-state index is 0.103. The minimum Gasteiger partial charge on any atom is -0.299 e. The van der Waals surface area contributed by atoms with Gasteiger partial charge in [-0.25, -0.2) is 4.68 Å². The van der Waals surface area contributed by atoms with Gasteiger partial charge in [0, 0.05) is 5.69 Å². The number of rotatable bonds is 4. The first-order valence-electron chi connectivity index (χ1n) is 6.02. The van der Waals surface area contributed by atoms with Crippen LogP contribution < -0.4 is 0 Å². The van der Waals surface area contributed by atoms with E-state index in [1.54, 1.807) is 11.6 Å². The molecule has 0 saturated heterocycles. The smallest absolute Gasteiger partial charge is 0.175 e. The van der Waals surface area contributed by atoms with Crippen molar-refractivity contribution in [3.63, 3.8) is 0 Å². The second kappa shape index (κ2) is 5.52. The Morgan fingerprint density at radius 2 is 2.05 bits per heavy atom. The van der Waals surface area contributed by atoms with Crippen LogP contribution >= 0.6 is 11.8 Å². The lowest BCUT2D eigenvalue weighted by atomic mass is 10.3. The summed E-state index contributed by atoms with van der Waals surface area (Å²) in [7, 11) is 0. The van der Waals surface area contributed by atoms with Crippen molar-refractivity contribution in [1.82, 2.24) is 20.0 Å². The third kappa shape index (κ3) is 3.20. The highest BCUT2D eigenvalue weighted by Crippen LogP contribution is 2.21. The molecule has 2 aromatic heterocycles. The van der Waals surface area contributed by atoms with Gasteiger partial charge in [-0.2, -0.15) is 5.10 Å². The Balaban J connectivity index is 2.19. The molecule has 0 bridgehead atoms. The van der Waals surface area contributed by atoms with Crippen LogP contribution in [0, 0.1) is 13.8 Å².